The number of rotatable bonds is 8. The van der Waals surface area contributed by atoms with E-state index in [1.807, 2.05) is 142 Å². The van der Waals surface area contributed by atoms with Crippen LogP contribution in [0.25, 0.3) is 0 Å². The Morgan fingerprint density at radius 3 is 1.29 bits per heavy atom. The largest absolute Gasteiger partial charge is 0.396 e. The second-order valence-corrected chi connectivity index (χ2v) is 22.1. The highest BCUT2D eigenvalue weighted by atomic mass is 16.6. The molecule has 8 aliphatic heterocycles. The molecule has 0 aliphatic carbocycles. The molecule has 0 saturated heterocycles. The maximum absolute atomic E-state index is 5.11. The fourth-order valence-electron chi connectivity index (χ4n) is 7.44. The van der Waals surface area contributed by atoms with Gasteiger partial charge in [0.15, 0.2) is 0 Å². The lowest BCUT2D eigenvalue weighted by Gasteiger charge is -2.21. The van der Waals surface area contributed by atoms with Crippen LogP contribution in [0.5, 0.6) is 0 Å². The molecule has 0 amide bonds. The molecule has 16 nitrogen and oxygen atoms in total. The summed E-state index contributed by atoms with van der Waals surface area (Å²) in [5, 5.41) is 30.4. The van der Waals surface area contributed by atoms with Crippen LogP contribution < -0.4 is 21.6 Å². The Labute approximate surface area is 543 Å². The number of hydrogen-bond donors (Lipinski definition) is 4. The van der Waals surface area contributed by atoms with E-state index in [1.54, 1.807) is 6.34 Å². The summed E-state index contributed by atoms with van der Waals surface area (Å²) in [4.78, 5) is 23.8. The molecule has 87 heavy (non-hydrogen) atoms. The van der Waals surface area contributed by atoms with Crippen LogP contribution in [0.15, 0.2) is 40.9 Å². The molecule has 0 aromatic rings. The first kappa shape index (κ1) is 99.0. The van der Waals surface area contributed by atoms with E-state index >= 15 is 0 Å². The zero-order valence-electron chi connectivity index (χ0n) is 63.8. The van der Waals surface area contributed by atoms with Crippen molar-refractivity contribution in [2.45, 2.75) is 298 Å². The van der Waals surface area contributed by atoms with Gasteiger partial charge >= 0.3 is 0 Å². The zero-order chi connectivity index (χ0) is 68.8. The molecule has 16 heteroatoms. The molecular weight excluding hydrogens is 1080 g/mol. The van der Waals surface area contributed by atoms with Crippen LogP contribution in [0, 0.1) is 71.0 Å². The molecule has 522 valence electrons. The van der Waals surface area contributed by atoms with Crippen LogP contribution in [0.4, 0.5) is 0 Å². The van der Waals surface area contributed by atoms with E-state index in [4.69, 9.17) is 19.4 Å². The van der Waals surface area contributed by atoms with Crippen molar-refractivity contribution in [3.8, 4) is 0 Å². The first-order valence-electron chi connectivity index (χ1n) is 35.6. The van der Waals surface area contributed by atoms with E-state index < -0.39 is 0 Å². The van der Waals surface area contributed by atoms with Crippen molar-refractivity contribution in [2.75, 3.05) is 46.0 Å². The van der Waals surface area contributed by atoms with Gasteiger partial charge in [0.2, 0.25) is 0 Å². The van der Waals surface area contributed by atoms with Gasteiger partial charge in [0.1, 0.15) is 25.9 Å². The third kappa shape index (κ3) is 63.1. The molecule has 0 aromatic heterocycles. The summed E-state index contributed by atoms with van der Waals surface area (Å²) in [5.41, 5.74) is 11.5. The molecule has 8 heterocycles. The van der Waals surface area contributed by atoms with Gasteiger partial charge in [-0.05, 0) is 117 Å². The minimum Gasteiger partial charge on any atom is -0.396 e. The van der Waals surface area contributed by atoms with E-state index in [9.17, 15) is 0 Å². The molecule has 0 radical (unpaired) electrons. The van der Waals surface area contributed by atoms with Crippen molar-refractivity contribution < 1.29 is 19.4 Å². The van der Waals surface area contributed by atoms with Crippen molar-refractivity contribution >= 4 is 48.8 Å². The van der Waals surface area contributed by atoms with Gasteiger partial charge in [-0.3, -0.25) is 4.99 Å². The van der Waals surface area contributed by atoms with Crippen molar-refractivity contribution in [1.82, 2.24) is 21.6 Å². The summed E-state index contributed by atoms with van der Waals surface area (Å²) in [6.07, 6.45) is 23.2. The van der Waals surface area contributed by atoms with Crippen LogP contribution in [-0.4, -0.2) is 107 Å². The first-order valence-corrected chi connectivity index (χ1v) is 35.6. The lowest BCUT2D eigenvalue weighted by Crippen LogP contribution is -2.29. The Kier molecular flexibility index (Phi) is 88.6. The van der Waals surface area contributed by atoms with Crippen LogP contribution in [0.3, 0.4) is 0 Å². The zero-order valence-corrected chi connectivity index (χ0v) is 63.8. The van der Waals surface area contributed by atoms with Gasteiger partial charge in [0, 0.05) is 80.2 Å². The fraction of sp³-hybridized carbons (Fsp3) is 0.887. The van der Waals surface area contributed by atoms with Crippen LogP contribution >= 0.6 is 0 Å². The van der Waals surface area contributed by atoms with Crippen LogP contribution in [0.2, 0.25) is 0 Å². The molecule has 0 bridgehead atoms. The van der Waals surface area contributed by atoms with Gasteiger partial charge in [-0.1, -0.05) is 242 Å². The smallest absolute Gasteiger partial charge is 0.130 e. The van der Waals surface area contributed by atoms with Crippen LogP contribution in [-0.2, 0) is 19.4 Å². The highest BCUT2D eigenvalue weighted by Crippen LogP contribution is 2.19. The fourth-order valence-corrected chi connectivity index (χ4v) is 7.44. The van der Waals surface area contributed by atoms with E-state index in [-0.39, 0.29) is 0 Å². The van der Waals surface area contributed by atoms with E-state index in [0.717, 1.165) is 115 Å². The molecular formula is C71H154N12O4. The average molecular weight is 1240 g/mol. The molecule has 0 fully saturated rings. The topological polar surface area (TPSA) is 184 Å². The number of nitrogens with zero attached hydrogens (tertiary/aromatic N) is 8. The van der Waals surface area contributed by atoms with E-state index in [2.05, 4.69) is 173 Å². The maximum Gasteiger partial charge on any atom is 0.130 e. The van der Waals surface area contributed by atoms with Crippen molar-refractivity contribution in [3.63, 3.8) is 0 Å². The number of oxime groups is 4. The van der Waals surface area contributed by atoms with Crippen molar-refractivity contribution in [2.24, 2.45) is 112 Å². The van der Waals surface area contributed by atoms with Gasteiger partial charge in [0.05, 0.1) is 18.6 Å². The van der Waals surface area contributed by atoms with Gasteiger partial charge in [-0.2, -0.15) is 15.3 Å². The summed E-state index contributed by atoms with van der Waals surface area (Å²) >= 11 is 0. The van der Waals surface area contributed by atoms with E-state index in [0.29, 0.717) is 59.5 Å². The molecule has 8 aliphatic rings. The molecule has 6 atom stereocenters. The second kappa shape index (κ2) is 77.9. The normalized spacial score (nSPS) is 20.6. The van der Waals surface area contributed by atoms with Crippen molar-refractivity contribution in [3.05, 3.63) is 0 Å². The maximum atomic E-state index is 5.11. The van der Waals surface area contributed by atoms with Gasteiger partial charge < -0.3 is 40.9 Å². The Morgan fingerprint density at radius 2 is 1.02 bits per heavy atom. The lowest BCUT2D eigenvalue weighted by molar-refractivity contribution is 0.0146. The Bertz CT molecular complexity index is 1430. The highest BCUT2D eigenvalue weighted by Gasteiger charge is 2.18. The standard InChI is InChI=1S/3C7H14N2.4C7H13NO.C6H12N2.8C2H6/c2*1-6(2)7-3-4-8-9-5-7;1-6(2)7-4-3-5-8-9-7;1-6(2)7-3-4-9-8-5-7;1-6(2)7-3-4-8-9-5-7;1-6(2)7-4-3-5-9-8-7;1-6(2)7-4-3-5-8-9-7;1-5(2)6-3-7-4-8-6;8*1-2/h5-8H,3-4H2,1-2H3;4,6-7,9H,3,5H2,1-2H3;6,8H,3-5H2,1-2H3;5-7H,3-4H2,1-2H3;4,6-7H,3,5H2,1-2H3;6H,3-5H2,1-2H3;5-7H,3-4H2,1-2H3;4-6H,3H2,1-2H3,(H,7,8);8*1-2H3. The lowest BCUT2D eigenvalue weighted by atomic mass is 9.93. The molecule has 0 saturated carbocycles. The Hall–Kier alpha value is -4.24. The van der Waals surface area contributed by atoms with E-state index in [1.165, 1.54) is 30.7 Å². The third-order valence-corrected chi connectivity index (χ3v) is 13.4. The predicted octanol–water partition coefficient (Wildman–Crippen LogP) is 19.7. The average Bonchev–Trinajstić information content (AvgIpc) is 4.19. The molecule has 8 rings (SSSR count). The summed E-state index contributed by atoms with van der Waals surface area (Å²) < 4.78 is 0. The summed E-state index contributed by atoms with van der Waals surface area (Å²) in [6.45, 7) is 73.7. The van der Waals surface area contributed by atoms with Gasteiger partial charge in [-0.25, -0.2) is 0 Å². The number of aliphatic imine (C=N–C) groups is 1. The molecule has 0 spiro atoms. The Morgan fingerprint density at radius 1 is 0.460 bits per heavy atom. The Balaban J connectivity index is -0.000000132. The first-order chi connectivity index (χ1) is 41.9. The quantitative estimate of drug-likeness (QED) is 0.185. The SMILES string of the molecule is CC.CC.CC.CC.CC.CC.CC.CC.CC(C)C1=NNCCC1.CC(C)C1=NOCCC1.CC(C)C1C=NNCC1.CC(C)C1C=NOCC1.CC(C)C1CC=NNC1.CC(C)C1CC=NOC1.CC(C)C1CCC=NO1.CC(C)C1CN=CN1. The summed E-state index contributed by atoms with van der Waals surface area (Å²) in [7, 11) is 0. The van der Waals surface area contributed by atoms with Gasteiger partial charge in [-0.15, -0.1) is 0 Å². The molecule has 4 N–H and O–H groups in total. The monoisotopic (exact) mass is 1240 g/mol. The van der Waals surface area contributed by atoms with Gasteiger partial charge in [0.25, 0.3) is 0 Å². The summed E-state index contributed by atoms with van der Waals surface area (Å²) in [5.74, 6) is 8.26. The highest BCUT2D eigenvalue weighted by molar-refractivity contribution is 5.86. The number of nitrogens with one attached hydrogen (secondary N) is 4. The minimum absolute atomic E-state index is 0.356. The summed E-state index contributed by atoms with van der Waals surface area (Å²) in [6, 6.07) is 0.593. The minimum atomic E-state index is 0.356. The van der Waals surface area contributed by atoms with Crippen LogP contribution in [0.1, 0.15) is 286 Å². The molecule has 0 aromatic carbocycles. The number of hydrogen-bond acceptors (Lipinski definition) is 16. The number of hydrazone groups is 3. The predicted molar refractivity (Wildman–Crippen MR) is 394 cm³/mol. The second-order valence-electron chi connectivity index (χ2n) is 22.1. The third-order valence-electron chi connectivity index (χ3n) is 13.4. The van der Waals surface area contributed by atoms with Crippen molar-refractivity contribution in [1.29, 1.82) is 0 Å². The molecule has 6 unspecified atom stereocenters.